The normalized spacial score (nSPS) is 19.9. The fourth-order valence-corrected chi connectivity index (χ4v) is 3.44. The summed E-state index contributed by atoms with van der Waals surface area (Å²) in [4.78, 5) is 12.3. The van der Waals surface area contributed by atoms with Crippen LogP contribution in [-0.2, 0) is 16.0 Å². The lowest BCUT2D eigenvalue weighted by Gasteiger charge is -2.27. The number of benzene rings is 1. The van der Waals surface area contributed by atoms with Crippen LogP contribution in [-0.4, -0.2) is 12.4 Å². The second-order valence-corrected chi connectivity index (χ2v) is 7.63. The molecule has 0 spiro atoms. The number of ether oxygens (including phenoxy) is 1. The highest BCUT2D eigenvalue weighted by Gasteiger charge is 2.24. The first-order valence-electron chi connectivity index (χ1n) is 8.06. The number of Topliss-reactive ketones (excluding diaryl/α,β-unsaturated/α-hetero) is 1. The van der Waals surface area contributed by atoms with Gasteiger partial charge in [0.1, 0.15) is 5.78 Å². The number of hydrogen-bond acceptors (Lipinski definition) is 2. The Hall–Kier alpha value is -1.15. The van der Waals surface area contributed by atoms with E-state index in [0.29, 0.717) is 24.5 Å². The molecule has 1 aromatic carbocycles. The van der Waals surface area contributed by atoms with Crippen molar-refractivity contribution in [3.8, 4) is 0 Å². The molecule has 0 bridgehead atoms. The van der Waals surface area contributed by atoms with Gasteiger partial charge in [0.25, 0.3) is 0 Å². The van der Waals surface area contributed by atoms with Gasteiger partial charge in [0.15, 0.2) is 0 Å². The molecule has 0 fully saturated rings. The van der Waals surface area contributed by atoms with Crippen molar-refractivity contribution in [3.63, 3.8) is 0 Å². The van der Waals surface area contributed by atoms with E-state index in [0.717, 1.165) is 19.4 Å². The number of carbonyl (C=O) groups excluding carboxylic acids is 1. The minimum atomic E-state index is -0.0377. The van der Waals surface area contributed by atoms with Gasteiger partial charge in [-0.1, -0.05) is 52.0 Å². The third-order valence-corrected chi connectivity index (χ3v) is 4.04. The summed E-state index contributed by atoms with van der Waals surface area (Å²) >= 11 is 0. The maximum atomic E-state index is 12.3. The molecule has 2 rings (SSSR count). The fourth-order valence-electron chi connectivity index (χ4n) is 3.44. The summed E-state index contributed by atoms with van der Waals surface area (Å²) in [6.07, 6.45) is 3.19. The monoisotopic (exact) mass is 288 g/mol. The van der Waals surface area contributed by atoms with Gasteiger partial charge in [-0.25, -0.2) is 0 Å². The van der Waals surface area contributed by atoms with Gasteiger partial charge >= 0.3 is 0 Å². The highest BCUT2D eigenvalue weighted by Crippen LogP contribution is 2.31. The Balaban J connectivity index is 1.92. The number of ketones is 1. The Bertz CT molecular complexity index is 485. The summed E-state index contributed by atoms with van der Waals surface area (Å²) in [5.41, 5.74) is 2.83. The molecule has 2 atom stereocenters. The zero-order valence-corrected chi connectivity index (χ0v) is 13.8. The van der Waals surface area contributed by atoms with Crippen LogP contribution in [0.2, 0.25) is 0 Å². The Morgan fingerprint density at radius 3 is 2.76 bits per heavy atom. The summed E-state index contributed by atoms with van der Waals surface area (Å²) in [7, 11) is 0. The molecule has 0 amide bonds. The fraction of sp³-hybridized carbons (Fsp3) is 0.632. The molecule has 1 heterocycles. The molecule has 1 aliphatic heterocycles. The van der Waals surface area contributed by atoms with Gasteiger partial charge in [0.2, 0.25) is 0 Å². The van der Waals surface area contributed by atoms with Crippen LogP contribution in [0.3, 0.4) is 0 Å². The average Bonchev–Trinajstić information content (AvgIpc) is 2.36. The second-order valence-electron chi connectivity index (χ2n) is 7.63. The first kappa shape index (κ1) is 16.2. The number of fused-ring (bicyclic) bond motifs is 1. The van der Waals surface area contributed by atoms with Crippen LogP contribution in [0.5, 0.6) is 0 Å². The van der Waals surface area contributed by atoms with Crippen molar-refractivity contribution in [1.29, 1.82) is 0 Å². The van der Waals surface area contributed by atoms with Crippen molar-refractivity contribution in [3.05, 3.63) is 35.4 Å². The molecule has 0 radical (unpaired) electrons. The summed E-state index contributed by atoms with van der Waals surface area (Å²) in [5.74, 6) is 0.768. The Kier molecular flexibility index (Phi) is 5.21. The van der Waals surface area contributed by atoms with Crippen LogP contribution in [0.4, 0.5) is 0 Å². The van der Waals surface area contributed by atoms with Gasteiger partial charge in [0, 0.05) is 12.8 Å². The van der Waals surface area contributed by atoms with Crippen LogP contribution in [0, 0.1) is 11.3 Å². The van der Waals surface area contributed by atoms with E-state index < -0.39 is 0 Å². The van der Waals surface area contributed by atoms with E-state index in [-0.39, 0.29) is 11.5 Å². The van der Waals surface area contributed by atoms with Gasteiger partial charge in [-0.05, 0) is 35.3 Å². The van der Waals surface area contributed by atoms with Crippen molar-refractivity contribution in [2.24, 2.45) is 11.3 Å². The second kappa shape index (κ2) is 6.74. The van der Waals surface area contributed by atoms with Crippen LogP contribution in [0.25, 0.3) is 0 Å². The molecule has 2 nitrogen and oxygen atoms in total. The van der Waals surface area contributed by atoms with E-state index >= 15 is 0 Å². The zero-order valence-electron chi connectivity index (χ0n) is 13.8. The number of hydrogen-bond donors (Lipinski definition) is 0. The largest absolute Gasteiger partial charge is 0.373 e. The molecule has 2 unspecified atom stereocenters. The van der Waals surface area contributed by atoms with E-state index in [1.165, 1.54) is 11.1 Å². The molecule has 0 aromatic heterocycles. The smallest absolute Gasteiger partial charge is 0.136 e. The summed E-state index contributed by atoms with van der Waals surface area (Å²) in [6.45, 7) is 9.60. The standard InChI is InChI=1S/C19H28O2/c1-14(13-19(2,3)4)11-16(20)12-18-17-8-6-5-7-15(17)9-10-21-18/h5-8,14,18H,9-13H2,1-4H3. The third kappa shape index (κ3) is 4.96. The van der Waals surface area contributed by atoms with Crippen LogP contribution in [0.15, 0.2) is 24.3 Å². The van der Waals surface area contributed by atoms with Gasteiger partial charge in [-0.3, -0.25) is 4.79 Å². The van der Waals surface area contributed by atoms with E-state index in [2.05, 4.69) is 45.9 Å². The van der Waals surface area contributed by atoms with Crippen LogP contribution < -0.4 is 0 Å². The van der Waals surface area contributed by atoms with E-state index in [9.17, 15) is 4.79 Å². The SMILES string of the molecule is CC(CC(=O)CC1OCCc2ccccc21)CC(C)(C)C. The zero-order chi connectivity index (χ0) is 15.5. The minimum absolute atomic E-state index is 0.0377. The molecule has 0 saturated carbocycles. The lowest BCUT2D eigenvalue weighted by molar-refractivity contribution is -0.123. The van der Waals surface area contributed by atoms with Gasteiger partial charge in [-0.2, -0.15) is 0 Å². The first-order valence-corrected chi connectivity index (χ1v) is 8.06. The maximum absolute atomic E-state index is 12.3. The Morgan fingerprint density at radius 1 is 1.33 bits per heavy atom. The maximum Gasteiger partial charge on any atom is 0.136 e. The van der Waals surface area contributed by atoms with Crippen LogP contribution in [0.1, 0.15) is 64.2 Å². The Morgan fingerprint density at radius 2 is 2.05 bits per heavy atom. The highest BCUT2D eigenvalue weighted by atomic mass is 16.5. The van der Waals surface area contributed by atoms with Crippen molar-refractivity contribution in [1.82, 2.24) is 0 Å². The number of rotatable bonds is 5. The summed E-state index contributed by atoms with van der Waals surface area (Å²) < 4.78 is 5.84. The lowest BCUT2D eigenvalue weighted by Crippen LogP contribution is -2.20. The van der Waals surface area contributed by atoms with Crippen molar-refractivity contribution < 1.29 is 9.53 Å². The molecule has 116 valence electrons. The molecular formula is C19H28O2. The highest BCUT2D eigenvalue weighted by molar-refractivity contribution is 5.79. The van der Waals surface area contributed by atoms with E-state index in [1.54, 1.807) is 0 Å². The molecule has 0 aliphatic carbocycles. The topological polar surface area (TPSA) is 26.3 Å². The van der Waals surface area contributed by atoms with Gasteiger partial charge in [-0.15, -0.1) is 0 Å². The van der Waals surface area contributed by atoms with Crippen molar-refractivity contribution >= 4 is 5.78 Å². The molecule has 21 heavy (non-hydrogen) atoms. The lowest BCUT2D eigenvalue weighted by atomic mass is 9.82. The summed E-state index contributed by atoms with van der Waals surface area (Å²) in [6, 6.07) is 8.35. The van der Waals surface area contributed by atoms with E-state index in [4.69, 9.17) is 4.74 Å². The quantitative estimate of drug-likeness (QED) is 0.783. The minimum Gasteiger partial charge on any atom is -0.373 e. The molecule has 0 saturated heterocycles. The first-order chi connectivity index (χ1) is 9.85. The molecule has 1 aliphatic rings. The predicted molar refractivity (Wildman–Crippen MR) is 86.3 cm³/mol. The van der Waals surface area contributed by atoms with Gasteiger partial charge in [0.05, 0.1) is 12.7 Å². The molecule has 0 N–H and O–H groups in total. The Labute approximate surface area is 128 Å². The van der Waals surface area contributed by atoms with Gasteiger partial charge < -0.3 is 4.74 Å². The van der Waals surface area contributed by atoms with Crippen molar-refractivity contribution in [2.45, 2.75) is 59.5 Å². The molecule has 2 heteroatoms. The van der Waals surface area contributed by atoms with Crippen molar-refractivity contribution in [2.75, 3.05) is 6.61 Å². The molecule has 1 aromatic rings. The third-order valence-electron chi connectivity index (χ3n) is 4.04. The van der Waals surface area contributed by atoms with Crippen LogP contribution >= 0.6 is 0 Å². The predicted octanol–water partition coefficient (Wildman–Crippen LogP) is 4.72. The average molecular weight is 288 g/mol. The molecular weight excluding hydrogens is 260 g/mol. The number of carbonyl (C=O) groups is 1. The summed E-state index contributed by atoms with van der Waals surface area (Å²) in [5, 5.41) is 0. The van der Waals surface area contributed by atoms with E-state index in [1.807, 2.05) is 6.07 Å².